The molecular formula is C14H22BrN. The van der Waals surface area contributed by atoms with Gasteiger partial charge in [0.2, 0.25) is 0 Å². The molecule has 0 aliphatic heterocycles. The van der Waals surface area contributed by atoms with Gasteiger partial charge in [-0.15, -0.1) is 0 Å². The van der Waals surface area contributed by atoms with E-state index in [-0.39, 0.29) is 0 Å². The summed E-state index contributed by atoms with van der Waals surface area (Å²) in [7, 11) is 0. The Labute approximate surface area is 108 Å². The molecule has 0 atom stereocenters. The van der Waals surface area contributed by atoms with Gasteiger partial charge in [-0.25, -0.2) is 0 Å². The van der Waals surface area contributed by atoms with Gasteiger partial charge in [0.1, 0.15) is 0 Å². The summed E-state index contributed by atoms with van der Waals surface area (Å²) in [6.45, 7) is 11.1. The van der Waals surface area contributed by atoms with Gasteiger partial charge < -0.3 is 4.90 Å². The Morgan fingerprint density at radius 2 is 1.62 bits per heavy atom. The van der Waals surface area contributed by atoms with Crippen molar-refractivity contribution in [1.29, 1.82) is 0 Å². The molecule has 0 heterocycles. The molecule has 1 rings (SSSR count). The fraction of sp³-hybridized carbons (Fsp3) is 0.571. The third-order valence-electron chi connectivity index (χ3n) is 2.70. The Kier molecular flexibility index (Phi) is 5.33. The second-order valence-electron chi connectivity index (χ2n) is 4.40. The fourth-order valence-electron chi connectivity index (χ4n) is 2.18. The first-order valence-electron chi connectivity index (χ1n) is 6.11. The number of hydrogen-bond donors (Lipinski definition) is 0. The minimum atomic E-state index is 1.14. The van der Waals surface area contributed by atoms with Crippen molar-refractivity contribution in [2.45, 2.75) is 40.5 Å². The van der Waals surface area contributed by atoms with Crippen LogP contribution in [0.5, 0.6) is 0 Å². The van der Waals surface area contributed by atoms with Crippen LogP contribution in [0.25, 0.3) is 0 Å². The average molecular weight is 284 g/mol. The van der Waals surface area contributed by atoms with Gasteiger partial charge in [0.15, 0.2) is 0 Å². The van der Waals surface area contributed by atoms with Crippen LogP contribution in [0.4, 0.5) is 5.69 Å². The zero-order valence-corrected chi connectivity index (χ0v) is 12.4. The van der Waals surface area contributed by atoms with Crippen LogP contribution in [0.2, 0.25) is 0 Å². The second-order valence-corrected chi connectivity index (χ2v) is 5.25. The zero-order chi connectivity index (χ0) is 12.1. The van der Waals surface area contributed by atoms with Crippen LogP contribution in [0.3, 0.4) is 0 Å². The Morgan fingerprint density at radius 1 is 1.06 bits per heavy atom. The van der Waals surface area contributed by atoms with E-state index in [1.807, 2.05) is 0 Å². The molecule has 0 bridgehead atoms. The summed E-state index contributed by atoms with van der Waals surface area (Å²) in [6.07, 6.45) is 2.39. The number of anilines is 1. The highest BCUT2D eigenvalue weighted by atomic mass is 79.9. The van der Waals surface area contributed by atoms with Gasteiger partial charge in [-0.05, 0) is 59.8 Å². The highest BCUT2D eigenvalue weighted by Gasteiger charge is 2.11. The molecule has 0 saturated carbocycles. The average Bonchev–Trinajstić information content (AvgIpc) is 2.16. The quantitative estimate of drug-likeness (QED) is 0.758. The van der Waals surface area contributed by atoms with Gasteiger partial charge >= 0.3 is 0 Å². The van der Waals surface area contributed by atoms with Crippen LogP contribution >= 0.6 is 15.9 Å². The maximum atomic E-state index is 3.70. The molecule has 16 heavy (non-hydrogen) atoms. The molecule has 0 unspecified atom stereocenters. The Bertz CT molecular complexity index is 318. The molecule has 1 nitrogen and oxygen atoms in total. The van der Waals surface area contributed by atoms with E-state index in [4.69, 9.17) is 0 Å². The summed E-state index contributed by atoms with van der Waals surface area (Å²) in [6, 6.07) is 4.47. The largest absolute Gasteiger partial charge is 0.370 e. The topological polar surface area (TPSA) is 3.24 Å². The normalized spacial score (nSPS) is 10.6. The Morgan fingerprint density at radius 3 is 2.06 bits per heavy atom. The van der Waals surface area contributed by atoms with E-state index in [0.717, 1.165) is 13.1 Å². The smallest absolute Gasteiger partial charge is 0.0540 e. The van der Waals surface area contributed by atoms with Crippen molar-refractivity contribution >= 4 is 21.6 Å². The van der Waals surface area contributed by atoms with Crippen LogP contribution in [-0.2, 0) is 0 Å². The number of rotatable bonds is 5. The van der Waals surface area contributed by atoms with Crippen LogP contribution in [0, 0.1) is 13.8 Å². The maximum Gasteiger partial charge on any atom is 0.0540 e. The molecule has 1 aromatic rings. The van der Waals surface area contributed by atoms with Gasteiger partial charge in [0.05, 0.1) is 5.69 Å². The fourth-order valence-corrected chi connectivity index (χ4v) is 3.11. The van der Waals surface area contributed by atoms with Gasteiger partial charge in [-0.1, -0.05) is 19.9 Å². The molecule has 0 aliphatic carbocycles. The monoisotopic (exact) mass is 283 g/mol. The van der Waals surface area contributed by atoms with E-state index >= 15 is 0 Å². The summed E-state index contributed by atoms with van der Waals surface area (Å²) in [5.74, 6) is 0. The zero-order valence-electron chi connectivity index (χ0n) is 10.8. The van der Waals surface area contributed by atoms with Crippen molar-refractivity contribution in [3.63, 3.8) is 0 Å². The van der Waals surface area contributed by atoms with Crippen LogP contribution in [0.1, 0.15) is 37.8 Å². The molecule has 0 N–H and O–H groups in total. The molecule has 2 heteroatoms. The van der Waals surface area contributed by atoms with Crippen LogP contribution in [0.15, 0.2) is 16.6 Å². The molecule has 0 aromatic heterocycles. The van der Waals surface area contributed by atoms with Crippen molar-refractivity contribution in [2.24, 2.45) is 0 Å². The minimum absolute atomic E-state index is 1.14. The lowest BCUT2D eigenvalue weighted by atomic mass is 10.1. The van der Waals surface area contributed by atoms with Crippen molar-refractivity contribution < 1.29 is 0 Å². The molecule has 0 fully saturated rings. The van der Waals surface area contributed by atoms with E-state index in [0.29, 0.717) is 0 Å². The lowest BCUT2D eigenvalue weighted by Gasteiger charge is -2.27. The molecular weight excluding hydrogens is 262 g/mol. The minimum Gasteiger partial charge on any atom is -0.370 e. The highest BCUT2D eigenvalue weighted by molar-refractivity contribution is 9.10. The molecule has 90 valence electrons. The van der Waals surface area contributed by atoms with Crippen molar-refractivity contribution in [2.75, 3.05) is 18.0 Å². The lowest BCUT2D eigenvalue weighted by molar-refractivity contribution is 0.741. The van der Waals surface area contributed by atoms with E-state index in [9.17, 15) is 0 Å². The first-order valence-corrected chi connectivity index (χ1v) is 6.91. The van der Waals surface area contributed by atoms with Crippen LogP contribution < -0.4 is 4.90 Å². The first-order chi connectivity index (χ1) is 7.60. The third kappa shape index (κ3) is 3.24. The molecule has 0 radical (unpaired) electrons. The predicted octanol–water partition coefficient (Wildman–Crippen LogP) is 4.69. The molecule has 0 saturated heterocycles. The van der Waals surface area contributed by atoms with E-state index < -0.39 is 0 Å². The molecule has 0 amide bonds. The predicted molar refractivity (Wildman–Crippen MR) is 76.4 cm³/mol. The summed E-state index contributed by atoms with van der Waals surface area (Å²) < 4.78 is 1.23. The second kappa shape index (κ2) is 6.29. The Hall–Kier alpha value is -0.500. The van der Waals surface area contributed by atoms with E-state index in [1.165, 1.54) is 34.1 Å². The summed E-state index contributed by atoms with van der Waals surface area (Å²) in [5.41, 5.74) is 4.06. The third-order valence-corrected chi connectivity index (χ3v) is 3.31. The number of benzene rings is 1. The van der Waals surface area contributed by atoms with Crippen molar-refractivity contribution in [1.82, 2.24) is 0 Å². The van der Waals surface area contributed by atoms with Gasteiger partial charge in [0.25, 0.3) is 0 Å². The molecule has 1 aromatic carbocycles. The van der Waals surface area contributed by atoms with E-state index in [1.54, 1.807) is 0 Å². The molecule has 0 spiro atoms. The van der Waals surface area contributed by atoms with Crippen molar-refractivity contribution in [3.05, 3.63) is 27.7 Å². The van der Waals surface area contributed by atoms with Crippen molar-refractivity contribution in [3.8, 4) is 0 Å². The standard InChI is InChI=1S/C14H22BrN/c1-5-7-16(8-6-2)14-12(4)9-11(3)10-13(14)15/h9-10H,5-8H2,1-4H3. The number of aryl methyl sites for hydroxylation is 2. The van der Waals surface area contributed by atoms with Gasteiger partial charge in [0, 0.05) is 17.6 Å². The number of nitrogens with zero attached hydrogens (tertiary/aromatic N) is 1. The summed E-state index contributed by atoms with van der Waals surface area (Å²) in [4.78, 5) is 2.48. The first kappa shape index (κ1) is 13.6. The van der Waals surface area contributed by atoms with Crippen LogP contribution in [-0.4, -0.2) is 13.1 Å². The van der Waals surface area contributed by atoms with Gasteiger partial charge in [-0.3, -0.25) is 0 Å². The summed E-state index contributed by atoms with van der Waals surface area (Å²) in [5, 5.41) is 0. The lowest BCUT2D eigenvalue weighted by Crippen LogP contribution is -2.26. The van der Waals surface area contributed by atoms with E-state index in [2.05, 4.69) is 60.7 Å². The summed E-state index contributed by atoms with van der Waals surface area (Å²) >= 11 is 3.70. The molecule has 0 aliphatic rings. The number of hydrogen-bond acceptors (Lipinski definition) is 1. The Balaban J connectivity index is 3.07. The highest BCUT2D eigenvalue weighted by Crippen LogP contribution is 2.31. The maximum absolute atomic E-state index is 3.70. The SMILES string of the molecule is CCCN(CCC)c1c(C)cc(C)cc1Br. The number of halogens is 1. The van der Waals surface area contributed by atoms with Gasteiger partial charge in [-0.2, -0.15) is 0 Å².